The summed E-state index contributed by atoms with van der Waals surface area (Å²) < 4.78 is 63.4. The van der Waals surface area contributed by atoms with Crippen molar-refractivity contribution in [3.63, 3.8) is 0 Å². The first-order chi connectivity index (χ1) is 37.1. The van der Waals surface area contributed by atoms with E-state index in [-0.39, 0.29) is 58.5 Å². The first-order valence-electron chi connectivity index (χ1n) is 27.3. The summed E-state index contributed by atoms with van der Waals surface area (Å²) in [5.74, 6) is -4.98. The number of cyclic esters (lactones) is 1. The molecule has 6 rings (SSSR count). The molecule has 0 bridgehead atoms. The van der Waals surface area contributed by atoms with Crippen LogP contribution in [0.25, 0.3) is 0 Å². The molecule has 4 fully saturated rings. The zero-order valence-corrected chi connectivity index (χ0v) is 51.0. The van der Waals surface area contributed by atoms with Gasteiger partial charge in [0.15, 0.2) is 29.7 Å². The lowest BCUT2D eigenvalue weighted by Crippen LogP contribution is -2.61. The van der Waals surface area contributed by atoms with E-state index in [4.69, 9.17) is 70.6 Å². The Morgan fingerprint density at radius 1 is 0.886 bits per heavy atom. The molecule has 0 aliphatic carbocycles. The van der Waals surface area contributed by atoms with Crippen LogP contribution >= 0.6 is 35.0 Å². The van der Waals surface area contributed by atoms with E-state index in [2.05, 4.69) is 10.3 Å². The number of carbonyl (C=O) groups is 4. The number of amides is 1. The number of hydrogen-bond donors (Lipinski definition) is 3. The summed E-state index contributed by atoms with van der Waals surface area (Å²) in [5, 5.41) is 25.3. The predicted octanol–water partition coefficient (Wildman–Crippen LogP) is 7.97. The zero-order chi connectivity index (χ0) is 58.6. The van der Waals surface area contributed by atoms with Gasteiger partial charge in [0.1, 0.15) is 29.3 Å². The van der Waals surface area contributed by atoms with Gasteiger partial charge < -0.3 is 67.8 Å². The highest BCUT2D eigenvalue weighted by Gasteiger charge is 2.62. The van der Waals surface area contributed by atoms with E-state index in [0.29, 0.717) is 42.1 Å². The molecule has 5 heterocycles. The number of pyridine rings is 1. The number of nitrogens with zero attached hydrogens (tertiary/aromatic N) is 2. The molecule has 0 spiro atoms. The topological polar surface area (TPSA) is 229 Å². The number of aliphatic hydroxyl groups is 2. The number of Topliss-reactive ketones (excluding diaryl/α,β-unsaturated/α-hetero) is 1. The summed E-state index contributed by atoms with van der Waals surface area (Å²) in [4.78, 5) is 64.9. The summed E-state index contributed by atoms with van der Waals surface area (Å²) in [7, 11) is 9.78. The molecule has 4 aliphatic rings. The number of anilines is 1. The average Bonchev–Trinajstić information content (AvgIpc) is 3.91. The number of aliphatic hydroxyl groups excluding tert-OH is 2. The SMILES string of the molecule is CC[C@H]1OC(=O)[C@H](C)[C@@H](O[C@H]2C[C@@](C)(OC)[C@@H](O)[C@H](C)O2)[C@H](C)[C@@H](O[C@@H]2O[C@H](C)C[C@H](N(C)C)[C@H]2O)[C@](C)(OC)C[C@@H](C)C(=O)[C@H](C)[C@H]2[C@H](SCCCc3c(C(=O)Nc4c(Cl)cncc4Cl)ccc(OC)c3OC)C(=O)O[C@@]21C. The van der Waals surface area contributed by atoms with Gasteiger partial charge >= 0.3 is 11.9 Å². The monoisotopic (exact) mass is 1170 g/mol. The Morgan fingerprint density at radius 3 is 2.14 bits per heavy atom. The molecular weight excluding hydrogens is 1090 g/mol. The maximum atomic E-state index is 15.3. The van der Waals surface area contributed by atoms with Crippen LogP contribution in [0.1, 0.15) is 117 Å². The maximum Gasteiger partial charge on any atom is 0.320 e. The molecule has 2 aromatic rings. The van der Waals surface area contributed by atoms with Crippen LogP contribution in [0.15, 0.2) is 24.5 Å². The fraction of sp³-hybridized carbons (Fsp3) is 0.737. The van der Waals surface area contributed by atoms with Crippen molar-refractivity contribution < 1.29 is 76.8 Å². The van der Waals surface area contributed by atoms with Gasteiger partial charge in [-0.25, -0.2) is 0 Å². The van der Waals surface area contributed by atoms with E-state index in [9.17, 15) is 19.8 Å². The van der Waals surface area contributed by atoms with Gasteiger partial charge in [0.25, 0.3) is 5.91 Å². The predicted molar refractivity (Wildman–Crippen MR) is 299 cm³/mol. The number of carbonyl (C=O) groups excluding carboxylic acids is 4. The number of benzene rings is 1. The minimum Gasteiger partial charge on any atom is -0.493 e. The first-order valence-corrected chi connectivity index (χ1v) is 29.1. The Bertz CT molecular complexity index is 2440. The van der Waals surface area contributed by atoms with E-state index in [1.165, 1.54) is 52.6 Å². The number of likely N-dealkylation sites (N-methyl/N-ethyl adjacent to an activating group) is 1. The number of thioether (sulfide) groups is 1. The van der Waals surface area contributed by atoms with E-state index >= 15 is 9.59 Å². The maximum absolute atomic E-state index is 15.3. The number of esters is 2. The lowest BCUT2D eigenvalue weighted by atomic mass is 9.70. The van der Waals surface area contributed by atoms with Crippen LogP contribution in [0.2, 0.25) is 10.0 Å². The number of methoxy groups -OCH3 is 4. The third kappa shape index (κ3) is 13.7. The molecule has 444 valence electrons. The molecule has 19 nitrogen and oxygen atoms in total. The van der Waals surface area contributed by atoms with Crippen LogP contribution < -0.4 is 14.8 Å². The molecule has 79 heavy (non-hydrogen) atoms. The quantitative estimate of drug-likeness (QED) is 0.101. The van der Waals surface area contributed by atoms with Crippen molar-refractivity contribution in [1.82, 2.24) is 9.88 Å². The van der Waals surface area contributed by atoms with Gasteiger partial charge in [-0.1, -0.05) is 50.9 Å². The molecule has 0 saturated carbocycles. The molecule has 1 aromatic carbocycles. The van der Waals surface area contributed by atoms with Crippen molar-refractivity contribution in [2.24, 2.45) is 29.6 Å². The Hall–Kier alpha value is -3.38. The molecule has 1 aromatic heterocycles. The highest BCUT2D eigenvalue weighted by molar-refractivity contribution is 8.00. The molecule has 19 atom stereocenters. The van der Waals surface area contributed by atoms with Crippen LogP contribution in [0.5, 0.6) is 11.5 Å². The lowest BCUT2D eigenvalue weighted by molar-refractivity contribution is -0.319. The van der Waals surface area contributed by atoms with Gasteiger partial charge in [0.05, 0.1) is 71.5 Å². The van der Waals surface area contributed by atoms with Crippen LogP contribution in [-0.2, 0) is 58.7 Å². The summed E-state index contributed by atoms with van der Waals surface area (Å²) >= 11 is 14.1. The molecule has 4 saturated heterocycles. The standard InChI is InChI=1S/C57H85Cl2N3O16S/c1-17-40-57(10)42(48(53(68)78-57)79-22-18-19-34-35(20-21-39(69-13)47(34)70-14)51(66)61-43-36(58)26-60-27-37(43)59)30(4)44(63)28(2)24-56(9,72-16)50(77-54-45(64)38(62(11)12)23-29(3)73-54)31(5)46(32(6)52(67)75-40)76-41-25-55(8,71-15)49(65)33(7)74-41/h20-21,26-33,38,40-42,45-46,48-50,54,64-65H,17-19,22-25H2,1-16H3,(H,60,61,66)/t28-,29-,30-,31+,32-,33+,38+,40-,41+,42+,45-,46+,48+,49+,50-,54+,55-,56-,57-/m1/s1. The van der Waals surface area contributed by atoms with Gasteiger partial charge in [-0.3, -0.25) is 24.2 Å². The van der Waals surface area contributed by atoms with Gasteiger partial charge in [0, 0.05) is 73.9 Å². The number of ether oxygens (including phenoxy) is 10. The van der Waals surface area contributed by atoms with Crippen molar-refractivity contribution in [2.75, 3.05) is 53.6 Å². The van der Waals surface area contributed by atoms with Crippen LogP contribution in [-0.4, -0.2) is 175 Å². The van der Waals surface area contributed by atoms with Crippen molar-refractivity contribution >= 4 is 64.3 Å². The van der Waals surface area contributed by atoms with E-state index in [0.717, 1.165) is 0 Å². The second kappa shape index (κ2) is 26.9. The van der Waals surface area contributed by atoms with Gasteiger partial charge in [-0.15, -0.1) is 11.8 Å². The molecule has 22 heteroatoms. The van der Waals surface area contributed by atoms with Crippen molar-refractivity contribution in [3.05, 3.63) is 45.7 Å². The number of rotatable bonds is 17. The number of halogens is 2. The van der Waals surface area contributed by atoms with E-state index in [1.807, 2.05) is 53.6 Å². The van der Waals surface area contributed by atoms with Crippen molar-refractivity contribution in [1.29, 1.82) is 0 Å². The Balaban J connectivity index is 1.38. The Labute approximate surface area is 480 Å². The van der Waals surface area contributed by atoms with Crippen LogP contribution in [0, 0.1) is 29.6 Å². The third-order valence-corrected chi connectivity index (χ3v) is 19.1. The smallest absolute Gasteiger partial charge is 0.320 e. The third-order valence-electron chi connectivity index (χ3n) is 17.1. The molecule has 0 unspecified atom stereocenters. The molecule has 3 N–H and O–H groups in total. The molecule has 1 amide bonds. The van der Waals surface area contributed by atoms with Crippen molar-refractivity contribution in [3.8, 4) is 11.5 Å². The second-order valence-corrected chi connectivity index (χ2v) is 24.8. The Kier molecular flexibility index (Phi) is 22.1. The van der Waals surface area contributed by atoms with Crippen molar-refractivity contribution in [2.45, 2.75) is 191 Å². The fourth-order valence-corrected chi connectivity index (χ4v) is 14.4. The molecular formula is C57H85Cl2N3O16S. The normalized spacial score (nSPS) is 37.7. The van der Waals surface area contributed by atoms with Crippen LogP contribution in [0.4, 0.5) is 5.69 Å². The summed E-state index contributed by atoms with van der Waals surface area (Å²) in [6.45, 7) is 18.0. The fourth-order valence-electron chi connectivity index (χ4n) is 12.5. The Morgan fingerprint density at radius 2 is 1.54 bits per heavy atom. The summed E-state index contributed by atoms with van der Waals surface area (Å²) in [6.07, 6.45) is -4.00. The highest BCUT2D eigenvalue weighted by Crippen LogP contribution is 2.50. The number of hydrogen-bond acceptors (Lipinski definition) is 19. The van der Waals surface area contributed by atoms with E-state index < -0.39 is 119 Å². The van der Waals surface area contributed by atoms with Gasteiger partial charge in [-0.2, -0.15) is 0 Å². The zero-order valence-electron chi connectivity index (χ0n) is 48.7. The second-order valence-electron chi connectivity index (χ2n) is 22.7. The molecule has 0 radical (unpaired) electrons. The summed E-state index contributed by atoms with van der Waals surface area (Å²) in [6, 6.07) is 2.92. The highest BCUT2D eigenvalue weighted by atomic mass is 35.5. The lowest BCUT2D eigenvalue weighted by Gasteiger charge is -2.50. The van der Waals surface area contributed by atoms with Crippen LogP contribution in [0.3, 0.4) is 0 Å². The number of nitrogens with one attached hydrogen (secondary N) is 1. The number of ketones is 1. The minimum absolute atomic E-state index is 0.0931. The largest absolute Gasteiger partial charge is 0.493 e. The minimum atomic E-state index is -1.49. The molecule has 4 aliphatic heterocycles. The average molecular weight is 1170 g/mol. The van der Waals surface area contributed by atoms with E-state index in [1.54, 1.807) is 46.8 Å². The summed E-state index contributed by atoms with van der Waals surface area (Å²) in [5.41, 5.74) is -2.88. The number of aromatic nitrogens is 1. The van der Waals surface area contributed by atoms with Gasteiger partial charge in [-0.05, 0) is 106 Å². The van der Waals surface area contributed by atoms with Gasteiger partial charge in [0.2, 0.25) is 0 Å². The first kappa shape index (κ1) is 64.8. The number of fused-ring (bicyclic) bond motifs is 1.